The van der Waals surface area contributed by atoms with Crippen LogP contribution in [0, 0.1) is 0 Å². The third-order valence-electron chi connectivity index (χ3n) is 6.32. The molecule has 0 N–H and O–H groups in total. The highest BCUT2D eigenvalue weighted by molar-refractivity contribution is 7.89. The number of hydrogen-bond donors (Lipinski definition) is 0. The maximum atomic E-state index is 14.0. The van der Waals surface area contributed by atoms with E-state index in [1.54, 1.807) is 43.4 Å². The van der Waals surface area contributed by atoms with Crippen LogP contribution in [-0.2, 0) is 14.8 Å². The van der Waals surface area contributed by atoms with Crippen molar-refractivity contribution >= 4 is 42.6 Å². The molecule has 1 amide bonds. The number of anilines is 1. The highest BCUT2D eigenvalue weighted by Gasteiger charge is 2.42. The summed E-state index contributed by atoms with van der Waals surface area (Å²) in [7, 11) is 4.62. The van der Waals surface area contributed by atoms with Crippen LogP contribution in [-0.4, -0.2) is 89.6 Å². The third-order valence-corrected chi connectivity index (χ3v) is 9.34. The zero-order valence-electron chi connectivity index (χ0n) is 21.6. The summed E-state index contributed by atoms with van der Waals surface area (Å²) in [5, 5.41) is 0.471. The minimum atomic E-state index is -3.89. The van der Waals surface area contributed by atoms with Crippen LogP contribution in [0.25, 0.3) is 10.2 Å². The number of hydrogen-bond acceptors (Lipinski definition) is 9. The minimum absolute atomic E-state index is 0.127. The predicted molar refractivity (Wildman–Crippen MR) is 144 cm³/mol. The summed E-state index contributed by atoms with van der Waals surface area (Å²) in [4.78, 5) is 22.5. The molecule has 0 bridgehead atoms. The number of carbonyl (C=O) groups excluding carboxylic acids is 1. The monoisotopic (exact) mass is 548 g/mol. The zero-order chi connectivity index (χ0) is 26.7. The van der Waals surface area contributed by atoms with Gasteiger partial charge in [0.15, 0.2) is 5.13 Å². The number of nitrogens with zero attached hydrogens (tertiary/aromatic N) is 4. The van der Waals surface area contributed by atoms with Gasteiger partial charge < -0.3 is 19.1 Å². The van der Waals surface area contributed by atoms with E-state index in [0.717, 1.165) is 4.70 Å². The van der Waals surface area contributed by atoms with E-state index in [2.05, 4.69) is 0 Å². The quantitative estimate of drug-likeness (QED) is 0.381. The van der Waals surface area contributed by atoms with E-state index in [9.17, 15) is 13.2 Å². The standard InChI is InChI=1S/C25H32N4O6S2/c1-27(2)15-16-28(25-26-22-20(34-4)12-13-21(35-5)23(22)36-25)24(30)19-7-6-14-29(19)37(31,32)18-10-8-17(33-3)9-11-18/h8-13,19H,6-7,14-16H2,1-5H3. The first-order valence-electron chi connectivity index (χ1n) is 11.8. The van der Waals surface area contributed by atoms with Crippen LogP contribution in [0.15, 0.2) is 41.3 Å². The van der Waals surface area contributed by atoms with E-state index in [0.29, 0.717) is 53.8 Å². The fourth-order valence-corrected chi connectivity index (χ4v) is 7.08. The van der Waals surface area contributed by atoms with Crippen molar-refractivity contribution < 1.29 is 27.4 Å². The molecule has 0 radical (unpaired) electrons. The van der Waals surface area contributed by atoms with Gasteiger partial charge in [-0.15, -0.1) is 0 Å². The lowest BCUT2D eigenvalue weighted by molar-refractivity contribution is -0.121. The number of ether oxygens (including phenoxy) is 3. The predicted octanol–water partition coefficient (Wildman–Crippen LogP) is 3.07. The minimum Gasteiger partial charge on any atom is -0.497 e. The Morgan fingerprint density at radius 3 is 2.32 bits per heavy atom. The van der Waals surface area contributed by atoms with Crippen LogP contribution in [0.3, 0.4) is 0 Å². The van der Waals surface area contributed by atoms with E-state index in [4.69, 9.17) is 19.2 Å². The molecule has 0 saturated carbocycles. The SMILES string of the molecule is COc1ccc(S(=O)(=O)N2CCCC2C(=O)N(CCN(C)C)c2nc3c(OC)ccc(OC)c3s2)cc1. The summed E-state index contributed by atoms with van der Waals surface area (Å²) in [6.07, 6.45) is 1.03. The Bertz CT molecular complexity index is 1320. The molecule has 3 aromatic rings. The van der Waals surface area contributed by atoms with Gasteiger partial charge in [-0.25, -0.2) is 13.4 Å². The Morgan fingerprint density at radius 1 is 1.03 bits per heavy atom. The zero-order valence-corrected chi connectivity index (χ0v) is 23.3. The van der Waals surface area contributed by atoms with Crippen molar-refractivity contribution in [2.75, 3.05) is 60.0 Å². The molecule has 1 aliphatic heterocycles. The summed E-state index contributed by atoms with van der Waals surface area (Å²) in [6, 6.07) is 8.96. The molecular formula is C25H32N4O6S2. The smallest absolute Gasteiger partial charge is 0.247 e. The number of rotatable bonds is 10. The Morgan fingerprint density at radius 2 is 1.70 bits per heavy atom. The van der Waals surface area contributed by atoms with Crippen LogP contribution in [0.4, 0.5) is 5.13 Å². The van der Waals surface area contributed by atoms with Gasteiger partial charge in [0.2, 0.25) is 15.9 Å². The lowest BCUT2D eigenvalue weighted by atomic mass is 10.2. The molecule has 1 aromatic heterocycles. The lowest BCUT2D eigenvalue weighted by Gasteiger charge is -2.29. The summed E-state index contributed by atoms with van der Waals surface area (Å²) in [5.74, 6) is 1.46. The normalized spacial score (nSPS) is 16.3. The van der Waals surface area contributed by atoms with Gasteiger partial charge in [0, 0.05) is 19.6 Å². The third kappa shape index (κ3) is 5.37. The molecule has 12 heteroatoms. The maximum absolute atomic E-state index is 14.0. The molecule has 37 heavy (non-hydrogen) atoms. The van der Waals surface area contributed by atoms with Gasteiger partial charge >= 0.3 is 0 Å². The Hall–Kier alpha value is -2.93. The average Bonchev–Trinajstić information content (AvgIpc) is 3.56. The van der Waals surface area contributed by atoms with Gasteiger partial charge in [-0.2, -0.15) is 4.31 Å². The van der Waals surface area contributed by atoms with Crippen molar-refractivity contribution in [3.63, 3.8) is 0 Å². The van der Waals surface area contributed by atoms with E-state index in [1.807, 2.05) is 19.0 Å². The number of likely N-dealkylation sites (N-methyl/N-ethyl adjacent to an activating group) is 1. The van der Waals surface area contributed by atoms with Crippen LogP contribution in [0.1, 0.15) is 12.8 Å². The first-order chi connectivity index (χ1) is 17.7. The fourth-order valence-electron chi connectivity index (χ4n) is 4.33. The van der Waals surface area contributed by atoms with Crippen molar-refractivity contribution in [3.8, 4) is 17.2 Å². The molecule has 2 heterocycles. The summed E-state index contributed by atoms with van der Waals surface area (Å²) < 4.78 is 45.3. The molecule has 0 spiro atoms. The average molecular weight is 549 g/mol. The Labute approximate surface area is 221 Å². The summed E-state index contributed by atoms with van der Waals surface area (Å²) >= 11 is 1.32. The van der Waals surface area contributed by atoms with Crippen LogP contribution in [0.5, 0.6) is 17.2 Å². The van der Waals surface area contributed by atoms with Crippen LogP contribution >= 0.6 is 11.3 Å². The largest absolute Gasteiger partial charge is 0.497 e. The van der Waals surface area contributed by atoms with Gasteiger partial charge in [0.1, 0.15) is 33.5 Å². The maximum Gasteiger partial charge on any atom is 0.247 e. The first-order valence-corrected chi connectivity index (χ1v) is 14.1. The number of methoxy groups -OCH3 is 3. The van der Waals surface area contributed by atoms with E-state index in [-0.39, 0.29) is 17.3 Å². The molecule has 2 aromatic carbocycles. The second-order valence-electron chi connectivity index (χ2n) is 8.89. The number of aromatic nitrogens is 1. The summed E-state index contributed by atoms with van der Waals surface area (Å²) in [6.45, 7) is 1.20. The Kier molecular flexibility index (Phi) is 8.22. The molecule has 4 rings (SSSR count). The van der Waals surface area contributed by atoms with Crippen molar-refractivity contribution in [2.24, 2.45) is 0 Å². The van der Waals surface area contributed by atoms with E-state index in [1.165, 1.54) is 34.9 Å². The number of benzene rings is 2. The number of thiazole rings is 1. The van der Waals surface area contributed by atoms with Crippen molar-refractivity contribution in [1.82, 2.24) is 14.2 Å². The Balaban J connectivity index is 1.71. The number of amides is 1. The van der Waals surface area contributed by atoms with Crippen LogP contribution in [0.2, 0.25) is 0 Å². The molecule has 1 saturated heterocycles. The molecule has 1 atom stereocenters. The molecule has 10 nitrogen and oxygen atoms in total. The summed E-state index contributed by atoms with van der Waals surface area (Å²) in [5.41, 5.74) is 0.596. The molecule has 1 fully saturated rings. The first kappa shape index (κ1) is 27.1. The molecule has 1 unspecified atom stereocenters. The van der Waals surface area contributed by atoms with E-state index < -0.39 is 16.1 Å². The molecule has 1 aliphatic rings. The highest BCUT2D eigenvalue weighted by atomic mass is 32.2. The second-order valence-corrected chi connectivity index (χ2v) is 11.8. The lowest BCUT2D eigenvalue weighted by Crippen LogP contribution is -2.49. The van der Waals surface area contributed by atoms with Crippen LogP contribution < -0.4 is 19.1 Å². The van der Waals surface area contributed by atoms with Crippen molar-refractivity contribution in [3.05, 3.63) is 36.4 Å². The van der Waals surface area contributed by atoms with Gasteiger partial charge in [0.25, 0.3) is 0 Å². The van der Waals surface area contributed by atoms with Gasteiger partial charge in [-0.3, -0.25) is 9.69 Å². The number of sulfonamides is 1. The van der Waals surface area contributed by atoms with Gasteiger partial charge in [0.05, 0.1) is 26.2 Å². The van der Waals surface area contributed by atoms with Gasteiger partial charge in [-0.1, -0.05) is 11.3 Å². The molecule has 0 aliphatic carbocycles. The second kappa shape index (κ2) is 11.2. The molecule has 200 valence electrons. The molecular weight excluding hydrogens is 516 g/mol. The topological polar surface area (TPSA) is 102 Å². The van der Waals surface area contributed by atoms with Crippen molar-refractivity contribution in [1.29, 1.82) is 0 Å². The number of carbonyl (C=O) groups is 1. The highest BCUT2D eigenvalue weighted by Crippen LogP contribution is 2.41. The van der Waals surface area contributed by atoms with Gasteiger partial charge in [-0.05, 0) is 63.3 Å². The van der Waals surface area contributed by atoms with E-state index >= 15 is 0 Å². The fraction of sp³-hybridized carbons (Fsp3) is 0.440. The van der Waals surface area contributed by atoms with Crippen molar-refractivity contribution in [2.45, 2.75) is 23.8 Å². The number of fused-ring (bicyclic) bond motifs is 1.